The van der Waals surface area contributed by atoms with Crippen molar-refractivity contribution in [2.24, 2.45) is 0 Å². The zero-order valence-electron chi connectivity index (χ0n) is 15.0. The van der Waals surface area contributed by atoms with Crippen molar-refractivity contribution >= 4 is 28.2 Å². The minimum Gasteiger partial charge on any atom is -0.363 e. The van der Waals surface area contributed by atoms with E-state index in [-0.39, 0.29) is 12.1 Å². The van der Waals surface area contributed by atoms with Crippen molar-refractivity contribution in [1.29, 1.82) is 0 Å². The quantitative estimate of drug-likeness (QED) is 0.780. The number of fused-ring (bicyclic) bond motifs is 1. The van der Waals surface area contributed by atoms with Crippen LogP contribution in [-0.4, -0.2) is 28.6 Å². The number of anilines is 2. The van der Waals surface area contributed by atoms with Crippen LogP contribution in [0.25, 0.3) is 10.9 Å². The Morgan fingerprint density at radius 1 is 1.08 bits per heavy atom. The number of nitrogens with zero attached hydrogens (tertiary/aromatic N) is 3. The Labute approximate surface area is 153 Å². The number of para-hydroxylation sites is 1. The maximum Gasteiger partial charge on any atom is 0.239 e. The lowest BCUT2D eigenvalue weighted by molar-refractivity contribution is -0.129. The summed E-state index contributed by atoms with van der Waals surface area (Å²) in [6.45, 7) is 4.40. The first-order chi connectivity index (χ1) is 12.6. The van der Waals surface area contributed by atoms with Crippen molar-refractivity contribution in [3.63, 3.8) is 0 Å². The number of aromatic nitrogens is 1. The van der Waals surface area contributed by atoms with Crippen LogP contribution in [0.3, 0.4) is 0 Å². The average Bonchev–Trinajstić information content (AvgIpc) is 3.06. The first-order valence-electron chi connectivity index (χ1n) is 8.89. The molecule has 1 aromatic heterocycles. The highest BCUT2D eigenvalue weighted by molar-refractivity contribution is 5.91. The summed E-state index contributed by atoms with van der Waals surface area (Å²) in [5.41, 5.74) is 3.99. The maximum absolute atomic E-state index is 12.4. The Kier molecular flexibility index (Phi) is 4.21. The summed E-state index contributed by atoms with van der Waals surface area (Å²) >= 11 is 0. The third-order valence-electron chi connectivity index (χ3n) is 4.74. The summed E-state index contributed by atoms with van der Waals surface area (Å²) in [4.78, 5) is 17.0. The molecule has 1 amide bonds. The van der Waals surface area contributed by atoms with Crippen LogP contribution in [0.15, 0.2) is 60.7 Å². The summed E-state index contributed by atoms with van der Waals surface area (Å²) in [6, 6.07) is 20.2. The monoisotopic (exact) mass is 346 g/mol. The van der Waals surface area contributed by atoms with E-state index in [0.717, 1.165) is 40.9 Å². The molecule has 132 valence electrons. The molecule has 1 saturated heterocycles. The number of carbonyl (C=O) groups is 1. The predicted molar refractivity (Wildman–Crippen MR) is 105 cm³/mol. The van der Waals surface area contributed by atoms with Crippen LogP contribution in [0.5, 0.6) is 0 Å². The van der Waals surface area contributed by atoms with Gasteiger partial charge < -0.3 is 5.32 Å². The predicted octanol–water partition coefficient (Wildman–Crippen LogP) is 3.96. The van der Waals surface area contributed by atoms with Crippen LogP contribution in [0.1, 0.15) is 19.0 Å². The normalized spacial score (nSPS) is 16.9. The second-order valence-electron chi connectivity index (χ2n) is 6.60. The molecular formula is C21H22N4O. The zero-order valence-corrected chi connectivity index (χ0v) is 15.0. The van der Waals surface area contributed by atoms with Gasteiger partial charge in [-0.1, -0.05) is 24.3 Å². The van der Waals surface area contributed by atoms with Crippen molar-refractivity contribution in [1.82, 2.24) is 9.99 Å². The smallest absolute Gasteiger partial charge is 0.239 e. The van der Waals surface area contributed by atoms with Crippen LogP contribution >= 0.6 is 0 Å². The molecule has 1 N–H and O–H groups in total. The van der Waals surface area contributed by atoms with Gasteiger partial charge in [-0.05, 0) is 43.3 Å². The summed E-state index contributed by atoms with van der Waals surface area (Å²) < 4.78 is 0. The van der Waals surface area contributed by atoms with E-state index in [4.69, 9.17) is 0 Å². The van der Waals surface area contributed by atoms with E-state index in [2.05, 4.69) is 16.4 Å². The SMILES string of the molecule is CC(=O)N1C(Nc2cccc3nc(C)ccc23)CCN1c1ccccc1. The Bertz CT molecular complexity index is 941. The lowest BCUT2D eigenvalue weighted by Crippen LogP contribution is -2.47. The minimum absolute atomic E-state index is 0.0260. The maximum atomic E-state index is 12.4. The Morgan fingerprint density at radius 3 is 2.65 bits per heavy atom. The fourth-order valence-electron chi connectivity index (χ4n) is 3.58. The molecule has 4 rings (SSSR count). The molecule has 5 heteroatoms. The van der Waals surface area contributed by atoms with Crippen LogP contribution in [0.4, 0.5) is 11.4 Å². The number of rotatable bonds is 3. The largest absolute Gasteiger partial charge is 0.363 e. The van der Waals surface area contributed by atoms with Gasteiger partial charge in [0.25, 0.3) is 0 Å². The van der Waals surface area contributed by atoms with E-state index in [9.17, 15) is 4.79 Å². The van der Waals surface area contributed by atoms with Crippen molar-refractivity contribution < 1.29 is 4.79 Å². The molecule has 0 aliphatic carbocycles. The number of hydrogen-bond acceptors (Lipinski definition) is 4. The topological polar surface area (TPSA) is 48.5 Å². The van der Waals surface area contributed by atoms with Gasteiger partial charge in [0, 0.05) is 36.7 Å². The van der Waals surface area contributed by atoms with Gasteiger partial charge in [0.05, 0.1) is 11.2 Å². The highest BCUT2D eigenvalue weighted by atomic mass is 16.2. The van der Waals surface area contributed by atoms with Gasteiger partial charge in [-0.3, -0.25) is 14.8 Å². The minimum atomic E-state index is -0.0837. The summed E-state index contributed by atoms with van der Waals surface area (Å²) in [7, 11) is 0. The molecule has 1 aliphatic rings. The molecule has 1 aliphatic heterocycles. The van der Waals surface area contributed by atoms with Gasteiger partial charge in [-0.2, -0.15) is 0 Å². The van der Waals surface area contributed by atoms with E-state index in [1.54, 1.807) is 6.92 Å². The lowest BCUT2D eigenvalue weighted by atomic mass is 10.1. The van der Waals surface area contributed by atoms with Crippen LogP contribution in [0.2, 0.25) is 0 Å². The van der Waals surface area contributed by atoms with Crippen molar-refractivity contribution in [2.75, 3.05) is 16.9 Å². The standard InChI is InChI=1S/C21H22N4O/c1-15-11-12-18-19(22-15)9-6-10-20(18)23-21-13-14-24(25(21)16(2)26)17-7-4-3-5-8-17/h3-12,21,23H,13-14H2,1-2H3. The molecule has 3 aromatic rings. The molecular weight excluding hydrogens is 324 g/mol. The fraction of sp³-hybridized carbons (Fsp3) is 0.238. The van der Waals surface area contributed by atoms with E-state index in [0.29, 0.717) is 0 Å². The van der Waals surface area contributed by atoms with Gasteiger partial charge in [-0.15, -0.1) is 0 Å². The third-order valence-corrected chi connectivity index (χ3v) is 4.74. The van der Waals surface area contributed by atoms with Crippen LogP contribution in [0, 0.1) is 6.92 Å². The second kappa shape index (κ2) is 6.67. The number of pyridine rings is 1. The van der Waals surface area contributed by atoms with Crippen molar-refractivity contribution in [3.8, 4) is 0 Å². The number of aryl methyl sites for hydroxylation is 1. The summed E-state index contributed by atoms with van der Waals surface area (Å²) in [5.74, 6) is 0.0260. The first kappa shape index (κ1) is 16.4. The molecule has 1 unspecified atom stereocenters. The van der Waals surface area contributed by atoms with E-state index in [1.165, 1.54) is 0 Å². The van der Waals surface area contributed by atoms with E-state index < -0.39 is 0 Å². The molecule has 2 heterocycles. The number of carbonyl (C=O) groups excluding carboxylic acids is 1. The molecule has 5 nitrogen and oxygen atoms in total. The second-order valence-corrected chi connectivity index (χ2v) is 6.60. The third kappa shape index (κ3) is 2.96. The van der Waals surface area contributed by atoms with Gasteiger partial charge in [0.15, 0.2) is 0 Å². The van der Waals surface area contributed by atoms with Gasteiger partial charge >= 0.3 is 0 Å². The number of hydrazine groups is 1. The summed E-state index contributed by atoms with van der Waals surface area (Å²) in [6.07, 6.45) is 0.768. The summed E-state index contributed by atoms with van der Waals surface area (Å²) in [5, 5.41) is 8.49. The van der Waals surface area contributed by atoms with E-state index in [1.807, 2.05) is 71.5 Å². The molecule has 2 aromatic carbocycles. The molecule has 0 spiro atoms. The highest BCUT2D eigenvalue weighted by Crippen LogP contribution is 2.29. The lowest BCUT2D eigenvalue weighted by Gasteiger charge is -2.33. The highest BCUT2D eigenvalue weighted by Gasteiger charge is 2.34. The van der Waals surface area contributed by atoms with Crippen molar-refractivity contribution in [3.05, 3.63) is 66.4 Å². The van der Waals surface area contributed by atoms with Gasteiger partial charge in [-0.25, -0.2) is 5.01 Å². The Morgan fingerprint density at radius 2 is 1.88 bits per heavy atom. The zero-order chi connectivity index (χ0) is 18.1. The van der Waals surface area contributed by atoms with Crippen LogP contribution in [-0.2, 0) is 4.79 Å². The molecule has 1 atom stereocenters. The fourth-order valence-corrected chi connectivity index (χ4v) is 3.58. The Hall–Kier alpha value is -3.08. The number of benzene rings is 2. The van der Waals surface area contributed by atoms with Crippen LogP contribution < -0.4 is 10.3 Å². The van der Waals surface area contributed by atoms with E-state index >= 15 is 0 Å². The number of nitrogens with one attached hydrogen (secondary N) is 1. The molecule has 0 radical (unpaired) electrons. The molecule has 26 heavy (non-hydrogen) atoms. The Balaban J connectivity index is 1.65. The van der Waals surface area contributed by atoms with Gasteiger partial charge in [0.2, 0.25) is 5.91 Å². The first-order valence-corrected chi connectivity index (χ1v) is 8.89. The molecule has 0 bridgehead atoms. The van der Waals surface area contributed by atoms with Gasteiger partial charge in [0.1, 0.15) is 6.17 Å². The molecule has 0 saturated carbocycles. The average molecular weight is 346 g/mol. The number of amides is 1. The molecule has 1 fully saturated rings. The van der Waals surface area contributed by atoms with Crippen molar-refractivity contribution in [2.45, 2.75) is 26.4 Å². The number of hydrogen-bond donors (Lipinski definition) is 1.